The van der Waals surface area contributed by atoms with E-state index < -0.39 is 0 Å². The standard InChI is InChI=1S/C9H7IN4/c10-9-13-4-6(5-14-9)7-2-1-3-12-8(7)11/h1-5H,(H2,11,12). The SMILES string of the molecule is Nc1ncccc1-c1cnc(I)nc1. The fourth-order valence-corrected chi connectivity index (χ4v) is 1.39. The number of pyridine rings is 1. The van der Waals surface area contributed by atoms with Crippen molar-refractivity contribution in [2.75, 3.05) is 5.73 Å². The van der Waals surface area contributed by atoms with Crippen LogP contribution in [0, 0.1) is 3.83 Å². The molecule has 0 aliphatic rings. The van der Waals surface area contributed by atoms with Gasteiger partial charge in [0.25, 0.3) is 0 Å². The van der Waals surface area contributed by atoms with Crippen LogP contribution in [-0.2, 0) is 0 Å². The Morgan fingerprint density at radius 3 is 2.50 bits per heavy atom. The molecule has 0 saturated heterocycles. The minimum atomic E-state index is 0.498. The van der Waals surface area contributed by atoms with Crippen LogP contribution >= 0.6 is 22.6 Å². The van der Waals surface area contributed by atoms with Crippen molar-refractivity contribution >= 4 is 28.4 Å². The maximum Gasteiger partial charge on any atom is 0.190 e. The first-order chi connectivity index (χ1) is 6.77. The summed E-state index contributed by atoms with van der Waals surface area (Å²) < 4.78 is 0.716. The second-order valence-electron chi connectivity index (χ2n) is 2.68. The minimum absolute atomic E-state index is 0.498. The first kappa shape index (κ1) is 9.32. The van der Waals surface area contributed by atoms with E-state index in [4.69, 9.17) is 5.73 Å². The molecule has 0 saturated carbocycles. The monoisotopic (exact) mass is 298 g/mol. The highest BCUT2D eigenvalue weighted by Gasteiger charge is 2.02. The van der Waals surface area contributed by atoms with Gasteiger partial charge in [0.15, 0.2) is 3.83 Å². The van der Waals surface area contributed by atoms with Crippen molar-refractivity contribution in [2.45, 2.75) is 0 Å². The van der Waals surface area contributed by atoms with Crippen LogP contribution in [0.4, 0.5) is 5.82 Å². The smallest absolute Gasteiger partial charge is 0.190 e. The average Bonchev–Trinajstić information content (AvgIpc) is 2.20. The quantitative estimate of drug-likeness (QED) is 0.643. The minimum Gasteiger partial charge on any atom is -0.383 e. The Hall–Kier alpha value is -1.24. The van der Waals surface area contributed by atoms with Crippen molar-refractivity contribution in [3.8, 4) is 11.1 Å². The molecule has 0 aliphatic heterocycles. The molecule has 0 bridgehead atoms. The highest BCUT2D eigenvalue weighted by Crippen LogP contribution is 2.21. The summed E-state index contributed by atoms with van der Waals surface area (Å²) in [6.07, 6.45) is 5.14. The second-order valence-corrected chi connectivity index (χ2v) is 3.64. The molecular weight excluding hydrogens is 291 g/mol. The lowest BCUT2D eigenvalue weighted by atomic mass is 10.1. The molecular formula is C9H7IN4. The maximum absolute atomic E-state index is 5.72. The van der Waals surface area contributed by atoms with E-state index in [2.05, 4.69) is 37.5 Å². The number of nitrogens with two attached hydrogens (primary N) is 1. The molecule has 14 heavy (non-hydrogen) atoms. The van der Waals surface area contributed by atoms with Crippen LogP contribution in [0.5, 0.6) is 0 Å². The van der Waals surface area contributed by atoms with Crippen LogP contribution in [0.1, 0.15) is 0 Å². The number of halogens is 1. The van der Waals surface area contributed by atoms with E-state index in [-0.39, 0.29) is 0 Å². The Kier molecular flexibility index (Phi) is 2.58. The summed E-state index contributed by atoms with van der Waals surface area (Å²) in [5, 5.41) is 0. The van der Waals surface area contributed by atoms with Crippen LogP contribution in [0.25, 0.3) is 11.1 Å². The third kappa shape index (κ3) is 1.82. The van der Waals surface area contributed by atoms with Gasteiger partial charge in [0.05, 0.1) is 0 Å². The molecule has 70 valence electrons. The third-order valence-electron chi connectivity index (χ3n) is 1.77. The van der Waals surface area contributed by atoms with Gasteiger partial charge < -0.3 is 5.73 Å². The maximum atomic E-state index is 5.72. The molecule has 0 aliphatic carbocycles. The van der Waals surface area contributed by atoms with Gasteiger partial charge in [-0.3, -0.25) is 0 Å². The molecule has 2 rings (SSSR count). The zero-order chi connectivity index (χ0) is 9.97. The lowest BCUT2D eigenvalue weighted by Gasteiger charge is -2.02. The summed E-state index contributed by atoms with van der Waals surface area (Å²) >= 11 is 2.06. The lowest BCUT2D eigenvalue weighted by Crippen LogP contribution is -1.94. The summed E-state index contributed by atoms with van der Waals surface area (Å²) in [5.41, 5.74) is 7.47. The van der Waals surface area contributed by atoms with E-state index in [0.29, 0.717) is 9.65 Å². The molecule has 2 N–H and O–H groups in total. The highest BCUT2D eigenvalue weighted by atomic mass is 127. The van der Waals surface area contributed by atoms with Crippen LogP contribution in [0.15, 0.2) is 30.7 Å². The average molecular weight is 298 g/mol. The number of nitrogens with zero attached hydrogens (tertiary/aromatic N) is 3. The fraction of sp³-hybridized carbons (Fsp3) is 0. The summed E-state index contributed by atoms with van der Waals surface area (Å²) in [6.45, 7) is 0. The molecule has 0 aromatic carbocycles. The van der Waals surface area contributed by atoms with Gasteiger partial charge in [0.2, 0.25) is 0 Å². The van der Waals surface area contributed by atoms with Gasteiger partial charge in [0.1, 0.15) is 5.82 Å². The Balaban J connectivity index is 2.50. The van der Waals surface area contributed by atoms with Crippen LogP contribution in [0.2, 0.25) is 0 Å². The molecule has 0 fully saturated rings. The molecule has 0 radical (unpaired) electrons. The molecule has 2 heterocycles. The first-order valence-corrected chi connectivity index (χ1v) is 5.03. The highest BCUT2D eigenvalue weighted by molar-refractivity contribution is 14.1. The molecule has 2 aromatic rings. The Labute approximate surface area is 94.7 Å². The molecule has 0 unspecified atom stereocenters. The van der Waals surface area contributed by atoms with Gasteiger partial charge in [-0.15, -0.1) is 0 Å². The Morgan fingerprint density at radius 1 is 1.14 bits per heavy atom. The molecule has 4 nitrogen and oxygen atoms in total. The van der Waals surface area contributed by atoms with E-state index in [1.807, 2.05) is 12.1 Å². The molecule has 5 heteroatoms. The number of anilines is 1. The van der Waals surface area contributed by atoms with Gasteiger partial charge in [-0.2, -0.15) is 0 Å². The van der Waals surface area contributed by atoms with E-state index in [9.17, 15) is 0 Å². The number of nitrogen functional groups attached to an aromatic ring is 1. The van der Waals surface area contributed by atoms with Crippen molar-refractivity contribution in [3.05, 3.63) is 34.6 Å². The second kappa shape index (κ2) is 3.87. The van der Waals surface area contributed by atoms with Crippen molar-refractivity contribution in [1.29, 1.82) is 0 Å². The van der Waals surface area contributed by atoms with E-state index in [1.54, 1.807) is 18.6 Å². The number of hydrogen-bond acceptors (Lipinski definition) is 4. The Morgan fingerprint density at radius 2 is 1.86 bits per heavy atom. The van der Waals surface area contributed by atoms with Gasteiger partial charge in [-0.25, -0.2) is 15.0 Å². The molecule has 0 spiro atoms. The topological polar surface area (TPSA) is 64.7 Å². The van der Waals surface area contributed by atoms with E-state index >= 15 is 0 Å². The van der Waals surface area contributed by atoms with Crippen molar-refractivity contribution in [1.82, 2.24) is 15.0 Å². The van der Waals surface area contributed by atoms with Crippen molar-refractivity contribution < 1.29 is 0 Å². The Bertz CT molecular complexity index is 441. The summed E-state index contributed by atoms with van der Waals surface area (Å²) in [7, 11) is 0. The van der Waals surface area contributed by atoms with Crippen molar-refractivity contribution in [3.63, 3.8) is 0 Å². The molecule has 2 aromatic heterocycles. The zero-order valence-electron chi connectivity index (χ0n) is 7.18. The van der Waals surface area contributed by atoms with Gasteiger partial charge in [-0.1, -0.05) is 0 Å². The number of rotatable bonds is 1. The summed E-state index contributed by atoms with van der Waals surface area (Å²) in [4.78, 5) is 12.2. The van der Waals surface area contributed by atoms with Gasteiger partial charge >= 0.3 is 0 Å². The third-order valence-corrected chi connectivity index (χ3v) is 2.33. The largest absolute Gasteiger partial charge is 0.383 e. The van der Waals surface area contributed by atoms with Crippen LogP contribution in [0.3, 0.4) is 0 Å². The normalized spacial score (nSPS) is 10.1. The van der Waals surface area contributed by atoms with E-state index in [0.717, 1.165) is 11.1 Å². The summed E-state index contributed by atoms with van der Waals surface area (Å²) in [5.74, 6) is 0.498. The number of hydrogen-bond donors (Lipinski definition) is 1. The van der Waals surface area contributed by atoms with Crippen molar-refractivity contribution in [2.24, 2.45) is 0 Å². The first-order valence-electron chi connectivity index (χ1n) is 3.96. The lowest BCUT2D eigenvalue weighted by molar-refractivity contribution is 1.11. The van der Waals surface area contributed by atoms with Gasteiger partial charge in [-0.05, 0) is 12.1 Å². The fourth-order valence-electron chi connectivity index (χ4n) is 1.11. The molecule has 0 amide bonds. The van der Waals surface area contributed by atoms with Crippen LogP contribution in [-0.4, -0.2) is 15.0 Å². The zero-order valence-corrected chi connectivity index (χ0v) is 9.34. The van der Waals surface area contributed by atoms with Gasteiger partial charge in [0, 0.05) is 52.3 Å². The van der Waals surface area contributed by atoms with Crippen LogP contribution < -0.4 is 5.73 Å². The predicted octanol–water partition coefficient (Wildman–Crippen LogP) is 1.73. The predicted molar refractivity (Wildman–Crippen MR) is 62.4 cm³/mol. The molecule has 0 atom stereocenters. The van der Waals surface area contributed by atoms with E-state index in [1.165, 1.54) is 0 Å². The number of aromatic nitrogens is 3. The summed E-state index contributed by atoms with van der Waals surface area (Å²) in [6, 6.07) is 3.73.